The minimum absolute atomic E-state index is 0.0871. The van der Waals surface area contributed by atoms with Gasteiger partial charge >= 0.3 is 0 Å². The number of pyridine rings is 1. The molecule has 0 radical (unpaired) electrons. The summed E-state index contributed by atoms with van der Waals surface area (Å²) in [7, 11) is 0. The minimum Gasteiger partial charge on any atom is -0.394 e. The molecule has 1 amide bonds. The number of nitrogens with one attached hydrogen (secondary N) is 1. The Hall–Kier alpha value is -3.20. The Labute approximate surface area is 166 Å². The summed E-state index contributed by atoms with van der Waals surface area (Å²) in [5.74, 6) is -0.318. The number of rotatable bonds is 7. The first kappa shape index (κ1) is 20.5. The van der Waals surface area contributed by atoms with E-state index in [0.717, 1.165) is 5.56 Å². The number of alkyl halides is 2. The quantitative estimate of drug-likeness (QED) is 0.635. The molecule has 0 unspecified atom stereocenters. The number of hydrogen-bond acceptors (Lipinski definition) is 5. The number of aryl methyl sites for hydroxylation is 1. The summed E-state index contributed by atoms with van der Waals surface area (Å²) in [4.78, 5) is 20.9. The molecule has 0 bridgehead atoms. The average molecular weight is 401 g/mol. The van der Waals surface area contributed by atoms with E-state index in [4.69, 9.17) is 0 Å². The monoisotopic (exact) mass is 401 g/mol. The lowest BCUT2D eigenvalue weighted by Gasteiger charge is -2.14. The summed E-state index contributed by atoms with van der Waals surface area (Å²) >= 11 is 0. The maximum Gasteiger partial charge on any atom is 0.251 e. The van der Waals surface area contributed by atoms with Crippen molar-refractivity contribution in [1.82, 2.24) is 25.1 Å². The Balaban J connectivity index is 2.09. The molecule has 7 nitrogen and oxygen atoms in total. The number of carbonyl (C=O) groups excluding carboxylic acids is 1. The number of amides is 1. The highest BCUT2D eigenvalue weighted by Gasteiger charge is 2.17. The van der Waals surface area contributed by atoms with E-state index in [1.54, 1.807) is 31.3 Å². The zero-order chi connectivity index (χ0) is 21.0. The third kappa shape index (κ3) is 5.00. The SMILES string of the molecule is Cc1ccc(-c2cc(C(=O)N[C@@H](C)CO)cc(-n3ncnc3CC(F)F)c2)nc1. The summed E-state index contributed by atoms with van der Waals surface area (Å²) in [6, 6.07) is 8.18. The topological polar surface area (TPSA) is 92.9 Å². The highest BCUT2D eigenvalue weighted by Crippen LogP contribution is 2.24. The van der Waals surface area contributed by atoms with Gasteiger partial charge in [-0.25, -0.2) is 18.4 Å². The van der Waals surface area contributed by atoms with Gasteiger partial charge in [-0.3, -0.25) is 9.78 Å². The number of benzene rings is 1. The van der Waals surface area contributed by atoms with Crippen molar-refractivity contribution in [3.63, 3.8) is 0 Å². The van der Waals surface area contributed by atoms with Crippen molar-refractivity contribution >= 4 is 5.91 Å². The maximum absolute atomic E-state index is 12.9. The van der Waals surface area contributed by atoms with Crippen molar-refractivity contribution in [3.05, 3.63) is 59.8 Å². The number of hydrogen-bond donors (Lipinski definition) is 2. The summed E-state index contributed by atoms with van der Waals surface area (Å²) < 4.78 is 27.1. The first-order chi connectivity index (χ1) is 13.9. The lowest BCUT2D eigenvalue weighted by atomic mass is 10.0. The highest BCUT2D eigenvalue weighted by atomic mass is 19.3. The lowest BCUT2D eigenvalue weighted by molar-refractivity contribution is 0.0922. The molecule has 0 spiro atoms. The number of nitrogens with zero attached hydrogens (tertiary/aromatic N) is 4. The van der Waals surface area contributed by atoms with Crippen LogP contribution in [0.5, 0.6) is 0 Å². The van der Waals surface area contributed by atoms with Crippen LogP contribution in [0, 0.1) is 6.92 Å². The van der Waals surface area contributed by atoms with Crippen LogP contribution < -0.4 is 5.32 Å². The van der Waals surface area contributed by atoms with Crippen LogP contribution in [0.4, 0.5) is 8.78 Å². The van der Waals surface area contributed by atoms with Crippen LogP contribution in [0.15, 0.2) is 42.9 Å². The van der Waals surface area contributed by atoms with Gasteiger partial charge in [-0.1, -0.05) is 6.07 Å². The van der Waals surface area contributed by atoms with E-state index < -0.39 is 24.8 Å². The van der Waals surface area contributed by atoms with Gasteiger partial charge in [0.25, 0.3) is 5.91 Å². The molecule has 3 rings (SSSR count). The van der Waals surface area contributed by atoms with Crippen molar-refractivity contribution in [3.8, 4) is 16.9 Å². The molecule has 0 saturated heterocycles. The van der Waals surface area contributed by atoms with E-state index >= 15 is 0 Å². The van der Waals surface area contributed by atoms with Gasteiger partial charge in [-0.15, -0.1) is 0 Å². The molecule has 3 aromatic rings. The second kappa shape index (κ2) is 8.87. The molecule has 0 aliphatic rings. The second-order valence-corrected chi connectivity index (χ2v) is 6.73. The fourth-order valence-electron chi connectivity index (χ4n) is 2.76. The summed E-state index contributed by atoms with van der Waals surface area (Å²) in [6.07, 6.45) is -0.237. The molecule has 2 aromatic heterocycles. The smallest absolute Gasteiger partial charge is 0.251 e. The molecule has 9 heteroatoms. The normalized spacial score (nSPS) is 12.2. The maximum atomic E-state index is 12.9. The standard InChI is InChI=1S/C20H21F2N5O2/c1-12-3-4-17(23-9-12)14-5-15(20(29)26-13(2)10-28)7-16(6-14)27-19(8-18(21)22)24-11-25-27/h3-7,9,11,13,18,28H,8,10H2,1-2H3,(H,26,29)/t13-/m0/s1. The van der Waals surface area contributed by atoms with Gasteiger partial charge < -0.3 is 10.4 Å². The minimum atomic E-state index is -2.58. The number of aliphatic hydroxyl groups is 1. The Bertz CT molecular complexity index is 989. The Morgan fingerprint density at radius 2 is 2.03 bits per heavy atom. The number of aliphatic hydroxyl groups excluding tert-OH is 1. The summed E-state index contributed by atoms with van der Waals surface area (Å²) in [5.41, 5.74) is 2.94. The van der Waals surface area contributed by atoms with Gasteiger partial charge in [0.15, 0.2) is 0 Å². The van der Waals surface area contributed by atoms with E-state index in [9.17, 15) is 18.7 Å². The first-order valence-corrected chi connectivity index (χ1v) is 9.04. The fraction of sp³-hybridized carbons (Fsp3) is 0.300. The summed E-state index contributed by atoms with van der Waals surface area (Å²) in [6.45, 7) is 3.37. The van der Waals surface area contributed by atoms with Crippen LogP contribution in [0.3, 0.4) is 0 Å². The predicted molar refractivity (Wildman–Crippen MR) is 103 cm³/mol. The van der Waals surface area contributed by atoms with E-state index in [-0.39, 0.29) is 12.4 Å². The molecule has 1 atom stereocenters. The van der Waals surface area contributed by atoms with Gasteiger partial charge in [0.05, 0.1) is 24.4 Å². The second-order valence-electron chi connectivity index (χ2n) is 6.73. The Morgan fingerprint density at radius 1 is 1.24 bits per heavy atom. The van der Waals surface area contributed by atoms with Crippen LogP contribution >= 0.6 is 0 Å². The van der Waals surface area contributed by atoms with Gasteiger partial charge in [0.1, 0.15) is 12.2 Å². The molecule has 2 N–H and O–H groups in total. The van der Waals surface area contributed by atoms with Crippen LogP contribution in [-0.4, -0.2) is 49.8 Å². The van der Waals surface area contributed by atoms with E-state index in [1.807, 2.05) is 19.1 Å². The lowest BCUT2D eigenvalue weighted by Crippen LogP contribution is -2.35. The molecular formula is C20H21F2N5O2. The van der Waals surface area contributed by atoms with Gasteiger partial charge in [0, 0.05) is 23.4 Å². The third-order valence-corrected chi connectivity index (χ3v) is 4.24. The molecule has 2 heterocycles. The fourth-order valence-corrected chi connectivity index (χ4v) is 2.76. The number of halogens is 2. The van der Waals surface area contributed by atoms with Crippen LogP contribution in [0.2, 0.25) is 0 Å². The van der Waals surface area contributed by atoms with Crippen molar-refractivity contribution in [1.29, 1.82) is 0 Å². The molecule has 0 aliphatic carbocycles. The zero-order valence-electron chi connectivity index (χ0n) is 16.0. The van der Waals surface area contributed by atoms with Crippen molar-refractivity contribution < 1.29 is 18.7 Å². The summed E-state index contributed by atoms with van der Waals surface area (Å²) in [5, 5.41) is 15.9. The van der Waals surface area contributed by atoms with Crippen molar-refractivity contribution in [2.24, 2.45) is 0 Å². The van der Waals surface area contributed by atoms with E-state index in [1.165, 1.54) is 11.0 Å². The van der Waals surface area contributed by atoms with Crippen LogP contribution in [0.1, 0.15) is 28.7 Å². The number of carbonyl (C=O) groups is 1. The van der Waals surface area contributed by atoms with E-state index in [2.05, 4.69) is 20.4 Å². The van der Waals surface area contributed by atoms with Gasteiger partial charge in [-0.05, 0) is 43.7 Å². The van der Waals surface area contributed by atoms with Gasteiger partial charge in [0.2, 0.25) is 6.43 Å². The molecule has 0 saturated carbocycles. The molecular weight excluding hydrogens is 380 g/mol. The van der Waals surface area contributed by atoms with E-state index in [0.29, 0.717) is 22.5 Å². The van der Waals surface area contributed by atoms with Gasteiger partial charge in [-0.2, -0.15) is 5.10 Å². The molecule has 0 aliphatic heterocycles. The van der Waals surface area contributed by atoms with Crippen LogP contribution in [-0.2, 0) is 6.42 Å². The molecule has 29 heavy (non-hydrogen) atoms. The highest BCUT2D eigenvalue weighted by molar-refractivity contribution is 5.96. The van der Waals surface area contributed by atoms with Crippen LogP contribution in [0.25, 0.3) is 16.9 Å². The van der Waals surface area contributed by atoms with Crippen molar-refractivity contribution in [2.45, 2.75) is 32.7 Å². The average Bonchev–Trinajstić information content (AvgIpc) is 3.15. The number of aromatic nitrogens is 4. The molecule has 152 valence electrons. The molecule has 0 fully saturated rings. The zero-order valence-corrected chi connectivity index (χ0v) is 16.0. The predicted octanol–water partition coefficient (Wildman–Crippen LogP) is 2.56. The largest absolute Gasteiger partial charge is 0.394 e. The van der Waals surface area contributed by atoms with Crippen molar-refractivity contribution in [2.75, 3.05) is 6.61 Å². The molecule has 1 aromatic carbocycles. The Kier molecular flexibility index (Phi) is 6.28. The third-order valence-electron chi connectivity index (χ3n) is 4.24. The first-order valence-electron chi connectivity index (χ1n) is 9.04. The Morgan fingerprint density at radius 3 is 2.69 bits per heavy atom.